The standard InChI is InChI=1S/C27H27N3O2/c31-26-20-28(15-16-30(26)24-9-5-2-6-10-24)25-18-29(19-25)27(32)23-13-11-22(12-14-23)17-21-7-3-1-4-8-21/h1-14,25H,15-20H2. The first-order valence-electron chi connectivity index (χ1n) is 11.2. The van der Waals surface area contributed by atoms with Gasteiger partial charge < -0.3 is 9.80 Å². The second kappa shape index (κ2) is 8.97. The largest absolute Gasteiger partial charge is 0.335 e. The molecule has 3 aromatic carbocycles. The van der Waals surface area contributed by atoms with Crippen LogP contribution in [-0.4, -0.2) is 60.4 Å². The van der Waals surface area contributed by atoms with Crippen molar-refractivity contribution < 1.29 is 9.59 Å². The van der Waals surface area contributed by atoms with Gasteiger partial charge in [-0.2, -0.15) is 0 Å². The molecule has 5 rings (SSSR count). The van der Waals surface area contributed by atoms with Crippen LogP contribution in [0.1, 0.15) is 21.5 Å². The number of rotatable bonds is 5. The van der Waals surface area contributed by atoms with Crippen LogP contribution in [0.2, 0.25) is 0 Å². The maximum absolute atomic E-state index is 12.9. The molecular formula is C27H27N3O2. The molecule has 0 bridgehead atoms. The van der Waals surface area contributed by atoms with Gasteiger partial charge in [-0.25, -0.2) is 0 Å². The van der Waals surface area contributed by atoms with Gasteiger partial charge in [-0.05, 0) is 41.8 Å². The third kappa shape index (κ3) is 4.30. The molecule has 2 amide bonds. The van der Waals surface area contributed by atoms with Crippen LogP contribution in [0.25, 0.3) is 0 Å². The number of amides is 2. The molecule has 0 aromatic heterocycles. The summed E-state index contributed by atoms with van der Waals surface area (Å²) in [6, 6.07) is 28.4. The number of anilines is 1. The van der Waals surface area contributed by atoms with Crippen molar-refractivity contribution in [2.24, 2.45) is 0 Å². The first kappa shape index (κ1) is 20.5. The Hall–Kier alpha value is -3.44. The molecule has 32 heavy (non-hydrogen) atoms. The molecule has 2 saturated heterocycles. The average molecular weight is 426 g/mol. The minimum Gasteiger partial charge on any atom is -0.335 e. The van der Waals surface area contributed by atoms with Crippen LogP contribution in [0.5, 0.6) is 0 Å². The van der Waals surface area contributed by atoms with E-state index in [4.69, 9.17) is 0 Å². The fraction of sp³-hybridized carbons (Fsp3) is 0.259. The first-order valence-corrected chi connectivity index (χ1v) is 11.2. The molecule has 0 aliphatic carbocycles. The van der Waals surface area contributed by atoms with Crippen molar-refractivity contribution >= 4 is 17.5 Å². The third-order valence-electron chi connectivity index (χ3n) is 6.44. The van der Waals surface area contributed by atoms with Crippen LogP contribution in [0.4, 0.5) is 5.69 Å². The molecule has 0 radical (unpaired) electrons. The number of nitrogens with zero attached hydrogens (tertiary/aromatic N) is 3. The van der Waals surface area contributed by atoms with Crippen LogP contribution < -0.4 is 4.90 Å². The summed E-state index contributed by atoms with van der Waals surface area (Å²) >= 11 is 0. The van der Waals surface area contributed by atoms with Gasteiger partial charge >= 0.3 is 0 Å². The lowest BCUT2D eigenvalue weighted by Crippen LogP contribution is -2.65. The number of benzene rings is 3. The number of carbonyl (C=O) groups excluding carboxylic acids is 2. The van der Waals surface area contributed by atoms with E-state index in [1.165, 1.54) is 11.1 Å². The van der Waals surface area contributed by atoms with Crippen LogP contribution in [-0.2, 0) is 11.2 Å². The van der Waals surface area contributed by atoms with Gasteiger partial charge in [0, 0.05) is 43.5 Å². The molecule has 5 heteroatoms. The number of para-hydroxylation sites is 1. The fourth-order valence-electron chi connectivity index (χ4n) is 4.52. The van der Waals surface area contributed by atoms with E-state index in [-0.39, 0.29) is 17.9 Å². The number of piperazine rings is 1. The van der Waals surface area contributed by atoms with Gasteiger partial charge in [-0.1, -0.05) is 60.7 Å². The molecule has 2 fully saturated rings. The van der Waals surface area contributed by atoms with E-state index in [0.29, 0.717) is 26.2 Å². The van der Waals surface area contributed by atoms with E-state index in [9.17, 15) is 9.59 Å². The number of hydrogen-bond donors (Lipinski definition) is 0. The summed E-state index contributed by atoms with van der Waals surface area (Å²) in [6.45, 7) is 3.31. The summed E-state index contributed by atoms with van der Waals surface area (Å²) in [5, 5.41) is 0. The van der Waals surface area contributed by atoms with Crippen molar-refractivity contribution in [2.75, 3.05) is 37.6 Å². The monoisotopic (exact) mass is 425 g/mol. The molecular weight excluding hydrogens is 398 g/mol. The van der Waals surface area contributed by atoms with E-state index in [1.54, 1.807) is 0 Å². The van der Waals surface area contributed by atoms with Gasteiger partial charge in [0.15, 0.2) is 0 Å². The Balaban J connectivity index is 1.13. The van der Waals surface area contributed by atoms with Crippen molar-refractivity contribution in [2.45, 2.75) is 12.5 Å². The Morgan fingerprint density at radius 3 is 2.06 bits per heavy atom. The molecule has 2 aliphatic heterocycles. The van der Waals surface area contributed by atoms with Crippen LogP contribution in [0, 0.1) is 0 Å². The lowest BCUT2D eigenvalue weighted by Gasteiger charge is -2.47. The van der Waals surface area contributed by atoms with E-state index < -0.39 is 0 Å². The van der Waals surface area contributed by atoms with Gasteiger partial charge in [0.25, 0.3) is 5.91 Å². The smallest absolute Gasteiger partial charge is 0.253 e. The van der Waals surface area contributed by atoms with E-state index in [0.717, 1.165) is 24.2 Å². The summed E-state index contributed by atoms with van der Waals surface area (Å²) in [5.74, 6) is 0.197. The molecule has 2 aliphatic rings. The maximum atomic E-state index is 12.9. The molecule has 0 saturated carbocycles. The molecule has 0 N–H and O–H groups in total. The number of carbonyl (C=O) groups is 2. The van der Waals surface area contributed by atoms with Crippen LogP contribution in [0.15, 0.2) is 84.9 Å². The Morgan fingerprint density at radius 2 is 1.41 bits per heavy atom. The van der Waals surface area contributed by atoms with Gasteiger partial charge in [0.2, 0.25) is 5.91 Å². The summed E-state index contributed by atoms with van der Waals surface area (Å²) in [7, 11) is 0. The first-order chi connectivity index (χ1) is 15.7. The van der Waals surface area contributed by atoms with Crippen molar-refractivity contribution in [3.8, 4) is 0 Å². The lowest BCUT2D eigenvalue weighted by atomic mass is 10.0. The van der Waals surface area contributed by atoms with Gasteiger partial charge in [0.05, 0.1) is 6.54 Å². The molecule has 5 nitrogen and oxygen atoms in total. The lowest BCUT2D eigenvalue weighted by molar-refractivity contribution is -0.123. The second-order valence-corrected chi connectivity index (χ2v) is 8.57. The highest BCUT2D eigenvalue weighted by Gasteiger charge is 2.38. The highest BCUT2D eigenvalue weighted by Crippen LogP contribution is 2.23. The topological polar surface area (TPSA) is 43.9 Å². The second-order valence-electron chi connectivity index (χ2n) is 8.57. The molecule has 3 aromatic rings. The highest BCUT2D eigenvalue weighted by molar-refractivity contribution is 5.96. The summed E-state index contributed by atoms with van der Waals surface area (Å²) in [4.78, 5) is 31.5. The van der Waals surface area contributed by atoms with Crippen molar-refractivity contribution in [3.05, 3.63) is 102 Å². The van der Waals surface area contributed by atoms with Crippen molar-refractivity contribution in [1.82, 2.24) is 9.80 Å². The fourth-order valence-corrected chi connectivity index (χ4v) is 4.52. The molecule has 0 atom stereocenters. The molecule has 0 spiro atoms. The molecule has 162 valence electrons. The average Bonchev–Trinajstić information content (AvgIpc) is 2.80. The van der Waals surface area contributed by atoms with E-state index in [2.05, 4.69) is 17.0 Å². The quantitative estimate of drug-likeness (QED) is 0.629. The molecule has 2 heterocycles. The highest BCUT2D eigenvalue weighted by atomic mass is 16.2. The summed E-state index contributed by atoms with van der Waals surface area (Å²) in [5.41, 5.74) is 4.15. The van der Waals surface area contributed by atoms with Crippen molar-refractivity contribution in [3.63, 3.8) is 0 Å². The van der Waals surface area contributed by atoms with E-state index >= 15 is 0 Å². The Bertz CT molecular complexity index is 1080. The zero-order chi connectivity index (χ0) is 21.9. The Morgan fingerprint density at radius 1 is 0.781 bits per heavy atom. The van der Waals surface area contributed by atoms with Crippen molar-refractivity contribution in [1.29, 1.82) is 0 Å². The summed E-state index contributed by atoms with van der Waals surface area (Å²) < 4.78 is 0. The zero-order valence-electron chi connectivity index (χ0n) is 18.1. The Labute approximate surface area is 188 Å². The van der Waals surface area contributed by atoms with Gasteiger partial charge in [0.1, 0.15) is 0 Å². The SMILES string of the molecule is O=C(c1ccc(Cc2ccccc2)cc1)N1CC(N2CCN(c3ccccc3)C(=O)C2)C1. The number of likely N-dealkylation sites (tertiary alicyclic amines) is 1. The number of hydrogen-bond acceptors (Lipinski definition) is 3. The predicted octanol–water partition coefficient (Wildman–Crippen LogP) is 3.45. The maximum Gasteiger partial charge on any atom is 0.253 e. The van der Waals surface area contributed by atoms with Gasteiger partial charge in [-0.15, -0.1) is 0 Å². The predicted molar refractivity (Wildman–Crippen MR) is 126 cm³/mol. The Kier molecular flexibility index (Phi) is 5.73. The van der Waals surface area contributed by atoms with E-state index in [1.807, 2.05) is 82.6 Å². The minimum absolute atomic E-state index is 0.0711. The van der Waals surface area contributed by atoms with Crippen LogP contribution in [0.3, 0.4) is 0 Å². The zero-order valence-corrected chi connectivity index (χ0v) is 18.1. The summed E-state index contributed by atoms with van der Waals surface area (Å²) in [6.07, 6.45) is 0.865. The molecule has 0 unspecified atom stereocenters. The normalized spacial score (nSPS) is 17.3. The third-order valence-corrected chi connectivity index (χ3v) is 6.44. The minimum atomic E-state index is 0.0711. The van der Waals surface area contributed by atoms with Gasteiger partial charge in [-0.3, -0.25) is 14.5 Å². The van der Waals surface area contributed by atoms with Crippen LogP contribution >= 0.6 is 0 Å².